The summed E-state index contributed by atoms with van der Waals surface area (Å²) >= 11 is 5.76. The van der Waals surface area contributed by atoms with Crippen molar-refractivity contribution < 1.29 is 4.74 Å². The first-order valence-corrected chi connectivity index (χ1v) is 6.89. The van der Waals surface area contributed by atoms with E-state index in [9.17, 15) is 0 Å². The van der Waals surface area contributed by atoms with Crippen molar-refractivity contribution in [3.63, 3.8) is 0 Å². The van der Waals surface area contributed by atoms with E-state index in [4.69, 9.17) is 16.3 Å². The van der Waals surface area contributed by atoms with Gasteiger partial charge >= 0.3 is 0 Å². The number of benzene rings is 1. The van der Waals surface area contributed by atoms with E-state index in [1.165, 1.54) is 0 Å². The lowest BCUT2D eigenvalue weighted by molar-refractivity contribution is 0.289. The maximum atomic E-state index is 5.76. The van der Waals surface area contributed by atoms with E-state index in [1.807, 2.05) is 42.6 Å². The van der Waals surface area contributed by atoms with Crippen LogP contribution < -0.4 is 4.74 Å². The first-order valence-electron chi connectivity index (χ1n) is 6.51. The van der Waals surface area contributed by atoms with Gasteiger partial charge in [-0.05, 0) is 24.3 Å². The van der Waals surface area contributed by atoms with Crippen LogP contribution in [0, 0.1) is 0 Å². The molecule has 0 fully saturated rings. The first-order chi connectivity index (χ1) is 10.3. The molecule has 0 atom stereocenters. The van der Waals surface area contributed by atoms with Crippen molar-refractivity contribution in [3.05, 3.63) is 60.0 Å². The van der Waals surface area contributed by atoms with Crippen molar-refractivity contribution in [2.75, 3.05) is 6.61 Å². The summed E-state index contributed by atoms with van der Waals surface area (Å²) < 4.78 is 7.37. The molecular formula is C15H13ClN4O. The van der Waals surface area contributed by atoms with Gasteiger partial charge in [0.05, 0.1) is 12.7 Å². The van der Waals surface area contributed by atoms with Gasteiger partial charge in [0.25, 0.3) is 0 Å². The van der Waals surface area contributed by atoms with E-state index in [2.05, 4.69) is 15.3 Å². The highest BCUT2D eigenvalue weighted by atomic mass is 35.5. The molecule has 106 valence electrons. The van der Waals surface area contributed by atoms with Crippen LogP contribution in [-0.2, 0) is 6.54 Å². The third-order valence-electron chi connectivity index (χ3n) is 2.89. The van der Waals surface area contributed by atoms with E-state index in [0.717, 1.165) is 17.0 Å². The Labute approximate surface area is 127 Å². The topological polar surface area (TPSA) is 52.8 Å². The maximum Gasteiger partial charge on any atom is 0.129 e. The summed E-state index contributed by atoms with van der Waals surface area (Å²) in [5.74, 6) is 0.847. The Kier molecular flexibility index (Phi) is 4.12. The fraction of sp³-hybridized carbons (Fsp3) is 0.133. The third kappa shape index (κ3) is 3.58. The summed E-state index contributed by atoms with van der Waals surface area (Å²) in [6, 6.07) is 13.3. The number of nitrogens with zero attached hydrogens (tertiary/aromatic N) is 4. The number of ether oxygens (including phenoxy) is 1. The second kappa shape index (κ2) is 6.37. The molecule has 0 aliphatic rings. The van der Waals surface area contributed by atoms with Gasteiger partial charge in [0, 0.05) is 11.8 Å². The SMILES string of the molecule is Clc1ccc(-c2cn(CCOc3ccccc3)nn2)cn1. The molecule has 0 radical (unpaired) electrons. The molecule has 0 saturated carbocycles. The highest BCUT2D eigenvalue weighted by Crippen LogP contribution is 2.16. The third-order valence-corrected chi connectivity index (χ3v) is 3.12. The number of hydrogen-bond acceptors (Lipinski definition) is 4. The molecule has 0 amide bonds. The molecule has 0 unspecified atom stereocenters. The molecule has 0 spiro atoms. The lowest BCUT2D eigenvalue weighted by Crippen LogP contribution is -2.08. The Balaban J connectivity index is 1.59. The molecule has 0 aliphatic heterocycles. The van der Waals surface area contributed by atoms with Crippen LogP contribution in [0.25, 0.3) is 11.3 Å². The quantitative estimate of drug-likeness (QED) is 0.680. The maximum absolute atomic E-state index is 5.76. The Morgan fingerprint density at radius 2 is 1.95 bits per heavy atom. The van der Waals surface area contributed by atoms with Gasteiger partial charge < -0.3 is 4.74 Å². The van der Waals surface area contributed by atoms with Gasteiger partial charge in [0.1, 0.15) is 23.2 Å². The molecule has 3 aromatic rings. The average molecular weight is 301 g/mol. The van der Waals surface area contributed by atoms with E-state index in [1.54, 1.807) is 16.9 Å². The van der Waals surface area contributed by atoms with Gasteiger partial charge in [0.15, 0.2) is 0 Å². The van der Waals surface area contributed by atoms with Crippen LogP contribution in [0.4, 0.5) is 0 Å². The largest absolute Gasteiger partial charge is 0.492 e. The van der Waals surface area contributed by atoms with Crippen molar-refractivity contribution >= 4 is 11.6 Å². The lowest BCUT2D eigenvalue weighted by atomic mass is 10.2. The lowest BCUT2D eigenvalue weighted by Gasteiger charge is -2.04. The molecule has 0 bridgehead atoms. The zero-order chi connectivity index (χ0) is 14.5. The van der Waals surface area contributed by atoms with Crippen LogP contribution in [0.1, 0.15) is 0 Å². The summed E-state index contributed by atoms with van der Waals surface area (Å²) in [5, 5.41) is 8.65. The fourth-order valence-corrected chi connectivity index (χ4v) is 1.95. The summed E-state index contributed by atoms with van der Waals surface area (Å²) in [7, 11) is 0. The molecule has 3 rings (SSSR count). The minimum atomic E-state index is 0.461. The van der Waals surface area contributed by atoms with E-state index in [-0.39, 0.29) is 0 Å². The van der Waals surface area contributed by atoms with Crippen LogP contribution >= 0.6 is 11.6 Å². The molecule has 2 aromatic heterocycles. The molecule has 2 heterocycles. The van der Waals surface area contributed by atoms with Gasteiger partial charge in [-0.15, -0.1) is 5.10 Å². The van der Waals surface area contributed by atoms with Crippen LogP contribution in [0.15, 0.2) is 54.9 Å². The number of pyridine rings is 1. The van der Waals surface area contributed by atoms with Crippen molar-refractivity contribution in [1.82, 2.24) is 20.0 Å². The van der Waals surface area contributed by atoms with Crippen molar-refractivity contribution in [1.29, 1.82) is 0 Å². The van der Waals surface area contributed by atoms with Gasteiger partial charge in [-0.1, -0.05) is 35.0 Å². The fourth-order valence-electron chi connectivity index (χ4n) is 1.84. The number of aromatic nitrogens is 4. The van der Waals surface area contributed by atoms with E-state index in [0.29, 0.717) is 18.3 Å². The first kappa shape index (κ1) is 13.6. The Bertz CT molecular complexity index is 697. The number of para-hydroxylation sites is 1. The van der Waals surface area contributed by atoms with Gasteiger partial charge in [-0.2, -0.15) is 0 Å². The van der Waals surface area contributed by atoms with Gasteiger partial charge in [-0.25, -0.2) is 9.67 Å². The summed E-state index contributed by atoms with van der Waals surface area (Å²) in [6.07, 6.45) is 3.54. The van der Waals surface area contributed by atoms with Gasteiger partial charge in [0.2, 0.25) is 0 Å². The molecule has 1 aromatic carbocycles. The summed E-state index contributed by atoms with van der Waals surface area (Å²) in [6.45, 7) is 1.16. The van der Waals surface area contributed by atoms with Gasteiger partial charge in [-0.3, -0.25) is 0 Å². The smallest absolute Gasteiger partial charge is 0.129 e. The molecule has 0 aliphatic carbocycles. The minimum absolute atomic E-state index is 0.461. The zero-order valence-electron chi connectivity index (χ0n) is 11.2. The van der Waals surface area contributed by atoms with E-state index >= 15 is 0 Å². The molecular weight excluding hydrogens is 288 g/mol. The number of rotatable bonds is 5. The molecule has 6 heteroatoms. The predicted molar refractivity (Wildman–Crippen MR) is 80.2 cm³/mol. The molecule has 0 N–H and O–H groups in total. The van der Waals surface area contributed by atoms with Crippen LogP contribution in [0.3, 0.4) is 0 Å². The average Bonchev–Trinajstić information content (AvgIpc) is 2.98. The minimum Gasteiger partial charge on any atom is -0.492 e. The zero-order valence-corrected chi connectivity index (χ0v) is 11.9. The summed E-state index contributed by atoms with van der Waals surface area (Å²) in [5.41, 5.74) is 1.65. The normalized spacial score (nSPS) is 10.5. The van der Waals surface area contributed by atoms with Crippen LogP contribution in [0.5, 0.6) is 5.75 Å². The van der Waals surface area contributed by atoms with Crippen LogP contribution in [0.2, 0.25) is 5.15 Å². The standard InChI is InChI=1S/C15H13ClN4O/c16-15-7-6-12(10-17-15)14-11-20(19-18-14)8-9-21-13-4-2-1-3-5-13/h1-7,10-11H,8-9H2. The Morgan fingerprint density at radius 3 is 2.71 bits per heavy atom. The number of halogens is 1. The second-order valence-electron chi connectivity index (χ2n) is 4.40. The second-order valence-corrected chi connectivity index (χ2v) is 4.79. The Morgan fingerprint density at radius 1 is 1.10 bits per heavy atom. The summed E-state index contributed by atoms with van der Waals surface area (Å²) in [4.78, 5) is 4.03. The van der Waals surface area contributed by atoms with Crippen molar-refractivity contribution in [3.8, 4) is 17.0 Å². The Hall–Kier alpha value is -2.40. The predicted octanol–water partition coefficient (Wildman–Crippen LogP) is 3.07. The highest BCUT2D eigenvalue weighted by Gasteiger charge is 2.04. The molecule has 5 nitrogen and oxygen atoms in total. The number of hydrogen-bond donors (Lipinski definition) is 0. The van der Waals surface area contributed by atoms with Crippen LogP contribution in [-0.4, -0.2) is 26.6 Å². The van der Waals surface area contributed by atoms with E-state index < -0.39 is 0 Å². The monoisotopic (exact) mass is 300 g/mol. The van der Waals surface area contributed by atoms with Crippen molar-refractivity contribution in [2.24, 2.45) is 0 Å². The molecule has 21 heavy (non-hydrogen) atoms. The highest BCUT2D eigenvalue weighted by molar-refractivity contribution is 6.29. The molecule has 0 saturated heterocycles. The van der Waals surface area contributed by atoms with Crippen molar-refractivity contribution in [2.45, 2.75) is 6.54 Å².